The fourth-order valence-corrected chi connectivity index (χ4v) is 2.46. The molecule has 0 fully saturated rings. The van der Waals surface area contributed by atoms with Gasteiger partial charge in [0.25, 0.3) is 0 Å². The summed E-state index contributed by atoms with van der Waals surface area (Å²) in [5.41, 5.74) is -0.566. The first-order chi connectivity index (χ1) is 10.0. The quantitative estimate of drug-likeness (QED) is 0.281. The Balaban J connectivity index is 0. The minimum Gasteiger partial charge on any atom is -0.356 e. The number of hydrogen-bond acceptors (Lipinski definition) is 4. The second-order valence-corrected chi connectivity index (χ2v) is 8.39. The van der Waals surface area contributed by atoms with Crippen LogP contribution < -0.4 is 16.0 Å². The van der Waals surface area contributed by atoms with Crippen molar-refractivity contribution in [1.29, 1.82) is 0 Å². The van der Waals surface area contributed by atoms with Crippen LogP contribution in [0.5, 0.6) is 0 Å². The van der Waals surface area contributed by atoms with Gasteiger partial charge in [0.15, 0.2) is 5.96 Å². The van der Waals surface area contributed by atoms with Crippen molar-refractivity contribution in [2.75, 3.05) is 32.1 Å². The zero-order valence-corrected chi connectivity index (χ0v) is 18.0. The first kappa shape index (κ1) is 24.7. The van der Waals surface area contributed by atoms with Crippen molar-refractivity contribution in [3.8, 4) is 0 Å². The molecule has 1 unspecified atom stereocenters. The average molecular weight is 462 g/mol. The molecule has 0 radical (unpaired) electrons. The molecule has 9 heteroatoms. The zero-order valence-electron chi connectivity index (χ0n) is 14.9. The van der Waals surface area contributed by atoms with Gasteiger partial charge >= 0.3 is 0 Å². The fraction of sp³-hybridized carbons (Fsp3) is 0.857. The molecule has 0 spiro atoms. The van der Waals surface area contributed by atoms with E-state index >= 15 is 0 Å². The summed E-state index contributed by atoms with van der Waals surface area (Å²) in [4.78, 5) is 16.0. The van der Waals surface area contributed by atoms with Gasteiger partial charge in [-0.15, -0.1) is 24.0 Å². The summed E-state index contributed by atoms with van der Waals surface area (Å²) in [5.74, 6) is 0.657. The molecule has 3 N–H and O–H groups in total. The van der Waals surface area contributed by atoms with E-state index in [1.165, 1.54) is 6.26 Å². The van der Waals surface area contributed by atoms with Gasteiger partial charge < -0.3 is 16.0 Å². The van der Waals surface area contributed by atoms with Gasteiger partial charge in [-0.05, 0) is 34.1 Å². The molecule has 138 valence electrons. The molecule has 1 atom stereocenters. The number of nitrogens with one attached hydrogen (secondary N) is 3. The highest BCUT2D eigenvalue weighted by Gasteiger charge is 2.27. The van der Waals surface area contributed by atoms with Gasteiger partial charge in [-0.2, -0.15) is 0 Å². The van der Waals surface area contributed by atoms with Gasteiger partial charge in [-0.3, -0.25) is 9.79 Å². The molecule has 0 aromatic carbocycles. The second kappa shape index (κ2) is 11.1. The van der Waals surface area contributed by atoms with Crippen LogP contribution in [0.3, 0.4) is 0 Å². The lowest BCUT2D eigenvalue weighted by Gasteiger charge is -2.26. The van der Waals surface area contributed by atoms with Crippen molar-refractivity contribution in [2.45, 2.75) is 40.2 Å². The van der Waals surface area contributed by atoms with Crippen LogP contribution in [0.4, 0.5) is 0 Å². The van der Waals surface area contributed by atoms with E-state index in [-0.39, 0.29) is 41.7 Å². The third-order valence-electron chi connectivity index (χ3n) is 3.18. The molecule has 7 nitrogen and oxygen atoms in total. The molecule has 1 amide bonds. The van der Waals surface area contributed by atoms with E-state index in [0.717, 1.165) is 0 Å². The number of hydrogen-bond donors (Lipinski definition) is 3. The number of carbonyl (C=O) groups is 1. The van der Waals surface area contributed by atoms with Crippen molar-refractivity contribution in [2.24, 2.45) is 10.4 Å². The summed E-state index contributed by atoms with van der Waals surface area (Å²) in [7, 11) is -1.33. The van der Waals surface area contributed by atoms with Gasteiger partial charge in [0.2, 0.25) is 5.91 Å². The Hall–Kier alpha value is -0.580. The van der Waals surface area contributed by atoms with Gasteiger partial charge in [-0.25, -0.2) is 8.42 Å². The Morgan fingerprint density at radius 3 is 2.26 bits per heavy atom. The number of rotatable bonds is 8. The molecule has 0 heterocycles. The highest BCUT2D eigenvalue weighted by atomic mass is 127. The van der Waals surface area contributed by atoms with Gasteiger partial charge in [0.05, 0.1) is 11.2 Å². The highest BCUT2D eigenvalue weighted by molar-refractivity contribution is 14.0. The number of carbonyl (C=O) groups excluding carboxylic acids is 1. The Morgan fingerprint density at radius 2 is 1.83 bits per heavy atom. The van der Waals surface area contributed by atoms with Crippen molar-refractivity contribution in [1.82, 2.24) is 16.0 Å². The normalized spacial score (nSPS) is 13.7. The van der Waals surface area contributed by atoms with E-state index < -0.39 is 15.3 Å². The molecule has 23 heavy (non-hydrogen) atoms. The van der Waals surface area contributed by atoms with Gasteiger partial charge in [-0.1, -0.05) is 0 Å². The molecule has 0 bridgehead atoms. The lowest BCUT2D eigenvalue weighted by molar-refractivity contribution is -0.128. The number of sulfone groups is 1. The summed E-state index contributed by atoms with van der Waals surface area (Å²) in [5, 5.41) is 9.03. The summed E-state index contributed by atoms with van der Waals surface area (Å²) in [6.45, 7) is 8.50. The number of guanidine groups is 1. The number of halogens is 1. The monoisotopic (exact) mass is 462 g/mol. The fourth-order valence-electron chi connectivity index (χ4n) is 1.68. The topological polar surface area (TPSA) is 99.7 Å². The van der Waals surface area contributed by atoms with E-state index in [1.54, 1.807) is 7.05 Å². The summed E-state index contributed by atoms with van der Waals surface area (Å²) < 4.78 is 22.3. The van der Waals surface area contributed by atoms with Crippen molar-refractivity contribution >= 4 is 45.7 Å². The van der Waals surface area contributed by atoms with E-state index in [4.69, 9.17) is 0 Å². The molecule has 0 aliphatic rings. The Bertz CT molecular complexity index is 492. The molecule has 0 aliphatic carbocycles. The molecule has 0 aliphatic heterocycles. The standard InChI is InChI=1S/C14H30N4O3S.HI/c1-7-16-12(19)14(3,4)10-17-13(15-5)18-11(2)8-9-22(6,20)21;/h11H,7-10H2,1-6H3,(H,16,19)(H2,15,17,18);1H. The SMILES string of the molecule is CCNC(=O)C(C)(C)CNC(=NC)NC(C)CCS(C)(=O)=O.I. The largest absolute Gasteiger partial charge is 0.356 e. The van der Waals surface area contributed by atoms with Crippen LogP contribution in [0.1, 0.15) is 34.1 Å². The van der Waals surface area contributed by atoms with Crippen molar-refractivity contribution in [3.05, 3.63) is 0 Å². The number of aliphatic imine (C=N–C) groups is 1. The van der Waals surface area contributed by atoms with Crippen LogP contribution >= 0.6 is 24.0 Å². The van der Waals surface area contributed by atoms with Crippen molar-refractivity contribution < 1.29 is 13.2 Å². The van der Waals surface area contributed by atoms with Crippen LogP contribution in [-0.2, 0) is 14.6 Å². The van der Waals surface area contributed by atoms with E-state index in [1.807, 2.05) is 27.7 Å². The van der Waals surface area contributed by atoms with E-state index in [2.05, 4.69) is 20.9 Å². The van der Waals surface area contributed by atoms with Crippen molar-refractivity contribution in [3.63, 3.8) is 0 Å². The summed E-state index contributed by atoms with van der Waals surface area (Å²) in [6, 6.07) is -0.0338. The minimum absolute atomic E-state index is 0. The highest BCUT2D eigenvalue weighted by Crippen LogP contribution is 2.13. The van der Waals surface area contributed by atoms with Crippen LogP contribution in [0, 0.1) is 5.41 Å². The van der Waals surface area contributed by atoms with E-state index in [0.29, 0.717) is 25.5 Å². The maximum absolute atomic E-state index is 11.9. The molecular formula is C14H31IN4O3S. The first-order valence-corrected chi connectivity index (χ1v) is 9.51. The lowest BCUT2D eigenvalue weighted by atomic mass is 9.92. The predicted octanol–water partition coefficient (Wildman–Crippen LogP) is 0.755. The first-order valence-electron chi connectivity index (χ1n) is 7.45. The number of amides is 1. The van der Waals surface area contributed by atoms with Gasteiger partial charge in [0, 0.05) is 32.4 Å². The van der Waals surface area contributed by atoms with Crippen LogP contribution in [0.25, 0.3) is 0 Å². The van der Waals surface area contributed by atoms with Crippen LogP contribution in [0.2, 0.25) is 0 Å². The molecular weight excluding hydrogens is 431 g/mol. The predicted molar refractivity (Wildman–Crippen MR) is 106 cm³/mol. The minimum atomic E-state index is -2.97. The zero-order chi connectivity index (χ0) is 17.4. The third-order valence-corrected chi connectivity index (χ3v) is 4.16. The molecule has 0 aromatic heterocycles. The molecule has 0 saturated carbocycles. The lowest BCUT2D eigenvalue weighted by Crippen LogP contribution is -2.49. The Morgan fingerprint density at radius 1 is 1.26 bits per heavy atom. The third kappa shape index (κ3) is 11.6. The van der Waals surface area contributed by atoms with Crippen LogP contribution in [0.15, 0.2) is 4.99 Å². The summed E-state index contributed by atoms with van der Waals surface area (Å²) >= 11 is 0. The second-order valence-electron chi connectivity index (χ2n) is 6.13. The van der Waals surface area contributed by atoms with Crippen LogP contribution in [-0.4, -0.2) is 58.5 Å². The maximum Gasteiger partial charge on any atom is 0.227 e. The molecule has 0 rings (SSSR count). The Labute approximate surface area is 157 Å². The number of nitrogens with zero attached hydrogens (tertiary/aromatic N) is 1. The van der Waals surface area contributed by atoms with E-state index in [9.17, 15) is 13.2 Å². The smallest absolute Gasteiger partial charge is 0.227 e. The van der Waals surface area contributed by atoms with Gasteiger partial charge in [0.1, 0.15) is 9.84 Å². The summed E-state index contributed by atoms with van der Waals surface area (Å²) in [6.07, 6.45) is 1.72. The maximum atomic E-state index is 11.9. The molecule has 0 aromatic rings. The Kier molecular flexibility index (Phi) is 11.9. The average Bonchev–Trinajstić information content (AvgIpc) is 2.40. The molecule has 0 saturated heterocycles.